The standard InChI is InChI=1S/C17H31N3O/c1-4-9-18-17(15-7-6-11-21-13-15)12-16-8-10-20(19-16)14(3)5-2/h8,10,14-15,17-18H,4-7,9,11-13H2,1-3H3. The van der Waals surface area contributed by atoms with Crippen LogP contribution in [0.4, 0.5) is 0 Å². The van der Waals surface area contributed by atoms with Crippen molar-refractivity contribution in [2.75, 3.05) is 19.8 Å². The highest BCUT2D eigenvalue weighted by Crippen LogP contribution is 2.20. The number of ether oxygens (including phenoxy) is 1. The largest absolute Gasteiger partial charge is 0.381 e. The Morgan fingerprint density at radius 2 is 2.33 bits per heavy atom. The molecule has 0 bridgehead atoms. The second-order valence-electron chi connectivity index (χ2n) is 6.29. The molecule has 1 N–H and O–H groups in total. The second kappa shape index (κ2) is 8.54. The highest BCUT2D eigenvalue weighted by Gasteiger charge is 2.24. The monoisotopic (exact) mass is 293 g/mol. The molecule has 3 atom stereocenters. The Hall–Kier alpha value is -0.870. The molecule has 0 aliphatic carbocycles. The van der Waals surface area contributed by atoms with Crippen molar-refractivity contribution < 1.29 is 4.74 Å². The molecule has 1 aliphatic rings. The van der Waals surface area contributed by atoms with E-state index < -0.39 is 0 Å². The third kappa shape index (κ3) is 4.82. The van der Waals surface area contributed by atoms with E-state index in [0.717, 1.165) is 32.6 Å². The first kappa shape index (κ1) is 16.5. The maximum atomic E-state index is 5.68. The molecule has 0 spiro atoms. The van der Waals surface area contributed by atoms with Crippen molar-refractivity contribution in [3.8, 4) is 0 Å². The molecule has 0 aromatic carbocycles. The quantitative estimate of drug-likeness (QED) is 0.800. The summed E-state index contributed by atoms with van der Waals surface area (Å²) in [6, 6.07) is 3.15. The zero-order valence-electron chi connectivity index (χ0n) is 13.8. The van der Waals surface area contributed by atoms with Crippen molar-refractivity contribution >= 4 is 0 Å². The van der Waals surface area contributed by atoms with Crippen molar-refractivity contribution in [3.05, 3.63) is 18.0 Å². The van der Waals surface area contributed by atoms with Gasteiger partial charge in [-0.05, 0) is 51.1 Å². The Labute approximate surface area is 129 Å². The number of nitrogens with one attached hydrogen (secondary N) is 1. The topological polar surface area (TPSA) is 39.1 Å². The highest BCUT2D eigenvalue weighted by molar-refractivity contribution is 5.03. The summed E-state index contributed by atoms with van der Waals surface area (Å²) in [7, 11) is 0. The van der Waals surface area contributed by atoms with Gasteiger partial charge in [-0.1, -0.05) is 13.8 Å². The molecule has 3 unspecified atom stereocenters. The van der Waals surface area contributed by atoms with Crippen LogP contribution in [-0.2, 0) is 11.2 Å². The molecule has 1 aromatic heterocycles. The molecule has 0 amide bonds. The minimum Gasteiger partial charge on any atom is -0.381 e. The van der Waals surface area contributed by atoms with Crippen LogP contribution < -0.4 is 5.32 Å². The fourth-order valence-corrected chi connectivity index (χ4v) is 2.96. The van der Waals surface area contributed by atoms with Gasteiger partial charge in [0, 0.05) is 31.3 Å². The van der Waals surface area contributed by atoms with E-state index in [9.17, 15) is 0 Å². The fourth-order valence-electron chi connectivity index (χ4n) is 2.96. The summed E-state index contributed by atoms with van der Waals surface area (Å²) in [5.74, 6) is 0.624. The van der Waals surface area contributed by atoms with Crippen molar-refractivity contribution in [1.82, 2.24) is 15.1 Å². The van der Waals surface area contributed by atoms with Gasteiger partial charge in [0.2, 0.25) is 0 Å². The molecule has 1 fully saturated rings. The number of nitrogens with zero attached hydrogens (tertiary/aromatic N) is 2. The molecule has 120 valence electrons. The van der Waals surface area contributed by atoms with Crippen LogP contribution in [0.2, 0.25) is 0 Å². The first-order valence-electron chi connectivity index (χ1n) is 8.59. The van der Waals surface area contributed by atoms with E-state index in [1.54, 1.807) is 0 Å². The maximum absolute atomic E-state index is 5.68. The van der Waals surface area contributed by atoms with E-state index in [4.69, 9.17) is 9.84 Å². The predicted octanol–water partition coefficient (Wildman–Crippen LogP) is 3.19. The predicted molar refractivity (Wildman–Crippen MR) is 86.6 cm³/mol. The lowest BCUT2D eigenvalue weighted by atomic mass is 9.90. The summed E-state index contributed by atoms with van der Waals surface area (Å²) in [5.41, 5.74) is 1.20. The van der Waals surface area contributed by atoms with E-state index >= 15 is 0 Å². The number of hydrogen-bond donors (Lipinski definition) is 1. The van der Waals surface area contributed by atoms with Gasteiger partial charge in [0.15, 0.2) is 0 Å². The zero-order valence-corrected chi connectivity index (χ0v) is 13.8. The minimum atomic E-state index is 0.485. The zero-order chi connectivity index (χ0) is 15.1. The number of hydrogen-bond acceptors (Lipinski definition) is 3. The SMILES string of the molecule is CCCNC(Cc1ccn(C(C)CC)n1)C1CCCOC1. The van der Waals surface area contributed by atoms with E-state index in [-0.39, 0.29) is 0 Å². The normalized spacial score (nSPS) is 22.1. The second-order valence-corrected chi connectivity index (χ2v) is 6.29. The van der Waals surface area contributed by atoms with Crippen molar-refractivity contribution in [1.29, 1.82) is 0 Å². The molecule has 1 aliphatic heterocycles. The molecule has 2 rings (SSSR count). The maximum Gasteiger partial charge on any atom is 0.0640 e. The van der Waals surface area contributed by atoms with Crippen LogP contribution in [0.5, 0.6) is 0 Å². The Balaban J connectivity index is 1.98. The fraction of sp³-hybridized carbons (Fsp3) is 0.824. The lowest BCUT2D eigenvalue weighted by Gasteiger charge is -2.30. The van der Waals surface area contributed by atoms with E-state index in [1.807, 2.05) is 0 Å². The van der Waals surface area contributed by atoms with Gasteiger partial charge in [-0.2, -0.15) is 5.10 Å². The van der Waals surface area contributed by atoms with Crippen LogP contribution in [0.25, 0.3) is 0 Å². The van der Waals surface area contributed by atoms with Crippen LogP contribution >= 0.6 is 0 Å². The van der Waals surface area contributed by atoms with Gasteiger partial charge in [0.05, 0.1) is 12.3 Å². The molecule has 4 heteroatoms. The third-order valence-electron chi connectivity index (χ3n) is 4.56. The van der Waals surface area contributed by atoms with Gasteiger partial charge >= 0.3 is 0 Å². The van der Waals surface area contributed by atoms with E-state index in [2.05, 4.69) is 43.0 Å². The minimum absolute atomic E-state index is 0.485. The summed E-state index contributed by atoms with van der Waals surface area (Å²) < 4.78 is 7.78. The van der Waals surface area contributed by atoms with Gasteiger partial charge in [-0.3, -0.25) is 4.68 Å². The van der Waals surface area contributed by atoms with E-state index in [1.165, 1.54) is 25.0 Å². The summed E-state index contributed by atoms with van der Waals surface area (Å²) in [6.07, 6.45) is 7.89. The van der Waals surface area contributed by atoms with Gasteiger partial charge in [0.25, 0.3) is 0 Å². The molecule has 0 radical (unpaired) electrons. The summed E-state index contributed by atoms with van der Waals surface area (Å²) >= 11 is 0. The average Bonchev–Trinajstić information content (AvgIpc) is 3.00. The Kier molecular flexibility index (Phi) is 6.71. The first-order chi connectivity index (χ1) is 10.2. The van der Waals surface area contributed by atoms with Crippen LogP contribution in [0.1, 0.15) is 58.2 Å². The summed E-state index contributed by atoms with van der Waals surface area (Å²) in [4.78, 5) is 0. The number of aromatic nitrogens is 2. The van der Waals surface area contributed by atoms with Crippen molar-refractivity contribution in [3.63, 3.8) is 0 Å². The van der Waals surface area contributed by atoms with Crippen molar-refractivity contribution in [2.24, 2.45) is 5.92 Å². The third-order valence-corrected chi connectivity index (χ3v) is 4.56. The molecule has 1 aromatic rings. The summed E-state index contributed by atoms with van der Waals surface area (Å²) in [6.45, 7) is 9.55. The van der Waals surface area contributed by atoms with Crippen LogP contribution in [0.15, 0.2) is 12.3 Å². The van der Waals surface area contributed by atoms with Crippen LogP contribution in [0.3, 0.4) is 0 Å². The van der Waals surface area contributed by atoms with Crippen LogP contribution in [-0.4, -0.2) is 35.6 Å². The molecular formula is C17H31N3O. The van der Waals surface area contributed by atoms with Crippen molar-refractivity contribution in [2.45, 2.75) is 65.0 Å². The highest BCUT2D eigenvalue weighted by atomic mass is 16.5. The van der Waals surface area contributed by atoms with Gasteiger partial charge in [-0.25, -0.2) is 0 Å². The average molecular weight is 293 g/mol. The Bertz CT molecular complexity index is 398. The van der Waals surface area contributed by atoms with Gasteiger partial charge < -0.3 is 10.1 Å². The molecule has 1 saturated heterocycles. The summed E-state index contributed by atoms with van der Waals surface area (Å²) in [5, 5.41) is 8.47. The molecule has 0 saturated carbocycles. The smallest absolute Gasteiger partial charge is 0.0640 e. The van der Waals surface area contributed by atoms with Gasteiger partial charge in [0.1, 0.15) is 0 Å². The number of rotatable bonds is 8. The molecule has 21 heavy (non-hydrogen) atoms. The van der Waals surface area contributed by atoms with Crippen LogP contribution in [0, 0.1) is 5.92 Å². The molecule has 4 nitrogen and oxygen atoms in total. The molecule has 2 heterocycles. The Morgan fingerprint density at radius 1 is 1.48 bits per heavy atom. The van der Waals surface area contributed by atoms with E-state index in [0.29, 0.717) is 18.0 Å². The lowest BCUT2D eigenvalue weighted by molar-refractivity contribution is 0.0392. The lowest BCUT2D eigenvalue weighted by Crippen LogP contribution is -2.42. The molecular weight excluding hydrogens is 262 g/mol. The Morgan fingerprint density at radius 3 is 3.00 bits per heavy atom. The first-order valence-corrected chi connectivity index (χ1v) is 8.59. The van der Waals surface area contributed by atoms with Gasteiger partial charge in [-0.15, -0.1) is 0 Å².